The molecule has 0 unspecified atom stereocenters. The highest BCUT2D eigenvalue weighted by Gasteiger charge is 2.20. The smallest absolute Gasteiger partial charge is 0.339 e. The number of halogens is 1. The number of ether oxygens (including phenoxy) is 1. The third-order valence-corrected chi connectivity index (χ3v) is 7.01. The first-order chi connectivity index (χ1) is 16.8. The van der Waals surface area contributed by atoms with Crippen LogP contribution in [0.15, 0.2) is 82.6 Å². The van der Waals surface area contributed by atoms with E-state index in [4.69, 9.17) is 10.7 Å². The molecule has 3 aromatic carbocycles. The largest absolute Gasteiger partial charge is 0.465 e. The maximum Gasteiger partial charge on any atom is 0.339 e. The third kappa shape index (κ3) is 7.46. The number of nitro groups is 2. The first-order valence-corrected chi connectivity index (χ1v) is 13.2. The van der Waals surface area contributed by atoms with E-state index in [1.807, 2.05) is 0 Å². The topological polar surface area (TPSA) is 193 Å². The fourth-order valence-corrected chi connectivity index (χ4v) is 4.39. The number of hydrogen-bond acceptors (Lipinski definition) is 10. The van der Waals surface area contributed by atoms with Crippen LogP contribution in [0.4, 0.5) is 17.1 Å². The van der Waals surface area contributed by atoms with Crippen molar-refractivity contribution < 1.29 is 36.2 Å². The Morgan fingerprint density at radius 2 is 1.25 bits per heavy atom. The van der Waals surface area contributed by atoms with Crippen LogP contribution in [-0.4, -0.2) is 39.8 Å². The minimum Gasteiger partial charge on any atom is -0.465 e. The number of anilines is 1. The average Bonchev–Trinajstić information content (AvgIpc) is 2.83. The molecule has 3 aromatic rings. The number of carbonyl (C=O) groups excluding carboxylic acids is 1. The molecule has 0 aromatic heterocycles. The lowest BCUT2D eigenvalue weighted by molar-refractivity contribution is -0.385. The fourth-order valence-electron chi connectivity index (χ4n) is 2.54. The summed E-state index contributed by atoms with van der Waals surface area (Å²) >= 11 is 0. The van der Waals surface area contributed by atoms with Gasteiger partial charge in [0.15, 0.2) is 0 Å². The van der Waals surface area contributed by atoms with Crippen molar-refractivity contribution in [1.82, 2.24) is 0 Å². The zero-order valence-corrected chi connectivity index (χ0v) is 20.5. The summed E-state index contributed by atoms with van der Waals surface area (Å²) < 4.78 is 52.9. The van der Waals surface area contributed by atoms with Gasteiger partial charge in [0.05, 0.1) is 38.0 Å². The summed E-state index contributed by atoms with van der Waals surface area (Å²) in [6, 6.07) is 14.7. The van der Waals surface area contributed by atoms with Gasteiger partial charge in [-0.05, 0) is 36.4 Å². The molecular formula is C20H16ClN3O10S2. The Bertz CT molecular complexity index is 1490. The summed E-state index contributed by atoms with van der Waals surface area (Å²) in [6.45, 7) is 0. The third-order valence-electron chi connectivity index (χ3n) is 4.26. The van der Waals surface area contributed by atoms with E-state index in [0.29, 0.717) is 0 Å². The van der Waals surface area contributed by atoms with Crippen molar-refractivity contribution in [2.75, 3.05) is 11.8 Å². The molecule has 3 rings (SSSR count). The monoisotopic (exact) mass is 557 g/mol. The van der Waals surface area contributed by atoms with E-state index >= 15 is 0 Å². The summed E-state index contributed by atoms with van der Waals surface area (Å²) in [5, 5.41) is 20.8. The molecule has 0 fully saturated rings. The number of carbonyl (C=O) groups is 1. The molecule has 13 nitrogen and oxygen atoms in total. The average molecular weight is 558 g/mol. The van der Waals surface area contributed by atoms with Gasteiger partial charge in [0.25, 0.3) is 30.4 Å². The first-order valence-electron chi connectivity index (χ1n) is 9.40. The highest BCUT2D eigenvalue weighted by atomic mass is 35.7. The summed E-state index contributed by atoms with van der Waals surface area (Å²) in [7, 11) is -1.62. The highest BCUT2D eigenvalue weighted by molar-refractivity contribution is 8.13. The van der Waals surface area contributed by atoms with Gasteiger partial charge in [-0.1, -0.05) is 12.1 Å². The molecule has 36 heavy (non-hydrogen) atoms. The van der Waals surface area contributed by atoms with Gasteiger partial charge in [-0.25, -0.2) is 21.6 Å². The van der Waals surface area contributed by atoms with Crippen LogP contribution in [0.5, 0.6) is 0 Å². The molecule has 0 atom stereocenters. The number of nitrogens with zero attached hydrogens (tertiary/aromatic N) is 2. The molecule has 0 saturated carbocycles. The first kappa shape index (κ1) is 28.2. The molecule has 0 aliphatic rings. The van der Waals surface area contributed by atoms with E-state index < -0.39 is 34.9 Å². The van der Waals surface area contributed by atoms with Crippen LogP contribution < -0.4 is 4.72 Å². The van der Waals surface area contributed by atoms with Crippen LogP contribution in [0.3, 0.4) is 0 Å². The Morgan fingerprint density at radius 3 is 1.67 bits per heavy atom. The number of nitrogens with one attached hydrogen (secondary N) is 1. The lowest BCUT2D eigenvalue weighted by Gasteiger charge is -2.11. The van der Waals surface area contributed by atoms with Crippen LogP contribution in [0.2, 0.25) is 0 Å². The number of methoxy groups -OCH3 is 1. The molecule has 190 valence electrons. The highest BCUT2D eigenvalue weighted by Crippen LogP contribution is 2.22. The van der Waals surface area contributed by atoms with Crippen molar-refractivity contribution in [3.05, 3.63) is 98.6 Å². The van der Waals surface area contributed by atoms with Gasteiger partial charge in [-0.15, -0.1) is 0 Å². The van der Waals surface area contributed by atoms with E-state index in [1.54, 1.807) is 12.1 Å². The van der Waals surface area contributed by atoms with Crippen molar-refractivity contribution in [3.63, 3.8) is 0 Å². The predicted molar refractivity (Wildman–Crippen MR) is 128 cm³/mol. The Kier molecular flexibility index (Phi) is 9.05. The van der Waals surface area contributed by atoms with Gasteiger partial charge < -0.3 is 4.74 Å². The van der Waals surface area contributed by atoms with Crippen molar-refractivity contribution in [2.45, 2.75) is 9.79 Å². The van der Waals surface area contributed by atoms with Gasteiger partial charge in [-0.3, -0.25) is 25.0 Å². The predicted octanol–water partition coefficient (Wildman–Crippen LogP) is 3.70. The van der Waals surface area contributed by atoms with Crippen LogP contribution >= 0.6 is 10.7 Å². The minimum atomic E-state index is -4.00. The molecule has 0 aliphatic heterocycles. The SMILES string of the molecule is COC(=O)c1ccccc1NS(=O)(=O)c1ccc([N+](=O)[O-])cc1.O=[N+]([O-])c1ccc(S(=O)(=O)Cl)cc1. The van der Waals surface area contributed by atoms with Gasteiger partial charge in [-0.2, -0.15) is 0 Å². The lowest BCUT2D eigenvalue weighted by Crippen LogP contribution is -2.16. The molecular weight excluding hydrogens is 542 g/mol. The number of rotatable bonds is 7. The second-order valence-electron chi connectivity index (χ2n) is 6.58. The van der Waals surface area contributed by atoms with Crippen LogP contribution in [0.1, 0.15) is 10.4 Å². The molecule has 1 N–H and O–H groups in total. The normalized spacial score (nSPS) is 10.9. The van der Waals surface area contributed by atoms with Crippen LogP contribution in [0, 0.1) is 20.2 Å². The number of benzene rings is 3. The summed E-state index contributed by atoms with van der Waals surface area (Å²) in [5.41, 5.74) is -0.291. The zero-order valence-electron chi connectivity index (χ0n) is 18.1. The van der Waals surface area contributed by atoms with Crippen molar-refractivity contribution in [1.29, 1.82) is 0 Å². The number of sulfonamides is 1. The molecule has 0 heterocycles. The van der Waals surface area contributed by atoms with Gasteiger partial charge >= 0.3 is 5.97 Å². The maximum atomic E-state index is 12.3. The quantitative estimate of drug-likeness (QED) is 0.194. The van der Waals surface area contributed by atoms with Crippen molar-refractivity contribution in [3.8, 4) is 0 Å². The molecule has 0 saturated heterocycles. The number of nitro benzene ring substituents is 2. The standard InChI is InChI=1S/C14H12N2O6S.C6H4ClNO4S/c1-22-14(17)12-4-2-3-5-13(12)15-23(20,21)11-8-6-10(7-9-11)16(18)19;7-13(11,12)6-3-1-5(2-4-6)8(9)10/h2-9,15H,1H3;1-4H. The Morgan fingerprint density at radius 1 is 0.806 bits per heavy atom. The molecule has 0 spiro atoms. The lowest BCUT2D eigenvalue weighted by atomic mass is 10.2. The Hall–Kier alpha value is -4.08. The maximum absolute atomic E-state index is 12.3. The van der Waals surface area contributed by atoms with Gasteiger partial charge in [0.1, 0.15) is 0 Å². The summed E-state index contributed by atoms with van der Waals surface area (Å²) in [4.78, 5) is 30.9. The summed E-state index contributed by atoms with van der Waals surface area (Å²) in [5.74, 6) is -0.688. The zero-order chi connectivity index (χ0) is 27.1. The van der Waals surface area contributed by atoms with E-state index in [1.165, 1.54) is 19.2 Å². The molecule has 0 bridgehead atoms. The van der Waals surface area contributed by atoms with Crippen molar-refractivity contribution >= 4 is 52.8 Å². The second-order valence-corrected chi connectivity index (χ2v) is 10.8. The van der Waals surface area contributed by atoms with Gasteiger partial charge in [0.2, 0.25) is 0 Å². The van der Waals surface area contributed by atoms with Crippen molar-refractivity contribution in [2.24, 2.45) is 0 Å². The van der Waals surface area contributed by atoms with E-state index in [2.05, 4.69) is 9.46 Å². The van der Waals surface area contributed by atoms with Gasteiger partial charge in [0, 0.05) is 34.9 Å². The Labute approximate surface area is 209 Å². The number of para-hydroxylation sites is 1. The minimum absolute atomic E-state index is 0.0534. The van der Waals surface area contributed by atoms with E-state index in [9.17, 15) is 41.9 Å². The van der Waals surface area contributed by atoms with E-state index in [-0.39, 0.29) is 32.4 Å². The number of esters is 1. The molecule has 16 heteroatoms. The van der Waals surface area contributed by atoms with Crippen LogP contribution in [0.25, 0.3) is 0 Å². The fraction of sp³-hybridized carbons (Fsp3) is 0.0500. The number of hydrogen-bond donors (Lipinski definition) is 1. The molecule has 0 amide bonds. The second kappa shape index (κ2) is 11.6. The molecule has 0 aliphatic carbocycles. The number of non-ortho nitro benzene ring substituents is 2. The Balaban J connectivity index is 0.000000297. The molecule has 0 radical (unpaired) electrons. The van der Waals surface area contributed by atoms with Crippen LogP contribution in [-0.2, 0) is 23.8 Å². The van der Waals surface area contributed by atoms with E-state index in [0.717, 1.165) is 48.5 Å². The summed E-state index contributed by atoms with van der Waals surface area (Å²) in [6.07, 6.45) is 0.